The van der Waals surface area contributed by atoms with Crippen LogP contribution >= 0.6 is 0 Å². The SMILES string of the molecule is Cc1c(CCN)cc2c(c1C)NC(=O)CC2. The van der Waals surface area contributed by atoms with E-state index in [0.717, 1.165) is 18.5 Å². The Kier molecular flexibility index (Phi) is 2.97. The van der Waals surface area contributed by atoms with E-state index in [9.17, 15) is 4.79 Å². The third-order valence-corrected chi connectivity index (χ3v) is 3.39. The van der Waals surface area contributed by atoms with Crippen LogP contribution in [0.2, 0.25) is 0 Å². The van der Waals surface area contributed by atoms with Crippen molar-refractivity contribution < 1.29 is 4.79 Å². The first-order valence-corrected chi connectivity index (χ1v) is 5.75. The lowest BCUT2D eigenvalue weighted by atomic mass is 9.91. The number of aryl methyl sites for hydroxylation is 1. The van der Waals surface area contributed by atoms with Crippen molar-refractivity contribution in [2.24, 2.45) is 5.73 Å². The van der Waals surface area contributed by atoms with Gasteiger partial charge in [0, 0.05) is 12.1 Å². The molecule has 0 atom stereocenters. The first kappa shape index (κ1) is 11.1. The molecule has 1 aromatic rings. The fourth-order valence-corrected chi connectivity index (χ4v) is 2.30. The lowest BCUT2D eigenvalue weighted by molar-refractivity contribution is -0.116. The number of hydrogen-bond donors (Lipinski definition) is 2. The quantitative estimate of drug-likeness (QED) is 0.793. The van der Waals surface area contributed by atoms with Gasteiger partial charge in [-0.1, -0.05) is 6.07 Å². The number of carbonyl (C=O) groups is 1. The number of benzene rings is 1. The normalized spacial score (nSPS) is 14.6. The van der Waals surface area contributed by atoms with E-state index in [1.807, 2.05) is 0 Å². The van der Waals surface area contributed by atoms with E-state index in [4.69, 9.17) is 5.73 Å². The van der Waals surface area contributed by atoms with Gasteiger partial charge in [-0.25, -0.2) is 0 Å². The molecule has 1 aliphatic rings. The van der Waals surface area contributed by atoms with Crippen LogP contribution in [0, 0.1) is 13.8 Å². The minimum absolute atomic E-state index is 0.126. The lowest BCUT2D eigenvalue weighted by Gasteiger charge is -2.22. The van der Waals surface area contributed by atoms with Gasteiger partial charge in [0.25, 0.3) is 0 Å². The van der Waals surface area contributed by atoms with Gasteiger partial charge < -0.3 is 11.1 Å². The molecule has 16 heavy (non-hydrogen) atoms. The molecule has 86 valence electrons. The van der Waals surface area contributed by atoms with Crippen molar-refractivity contribution >= 4 is 11.6 Å². The van der Waals surface area contributed by atoms with Crippen molar-refractivity contribution in [3.8, 4) is 0 Å². The third-order valence-electron chi connectivity index (χ3n) is 3.39. The molecular formula is C13H18N2O. The van der Waals surface area contributed by atoms with Crippen LogP contribution in [-0.4, -0.2) is 12.5 Å². The van der Waals surface area contributed by atoms with Gasteiger partial charge in [-0.2, -0.15) is 0 Å². The number of anilines is 1. The Labute approximate surface area is 96.0 Å². The molecular weight excluding hydrogens is 200 g/mol. The third kappa shape index (κ3) is 1.83. The smallest absolute Gasteiger partial charge is 0.224 e. The zero-order valence-corrected chi connectivity index (χ0v) is 9.89. The molecule has 1 aliphatic heterocycles. The molecule has 2 rings (SSSR count). The summed E-state index contributed by atoms with van der Waals surface area (Å²) in [7, 11) is 0. The minimum atomic E-state index is 0.126. The van der Waals surface area contributed by atoms with E-state index < -0.39 is 0 Å². The van der Waals surface area contributed by atoms with Gasteiger partial charge in [0.2, 0.25) is 5.91 Å². The second kappa shape index (κ2) is 4.26. The Morgan fingerprint density at radius 1 is 1.31 bits per heavy atom. The predicted molar refractivity (Wildman–Crippen MR) is 65.6 cm³/mol. The highest BCUT2D eigenvalue weighted by Gasteiger charge is 2.19. The maximum atomic E-state index is 11.4. The molecule has 0 aliphatic carbocycles. The van der Waals surface area contributed by atoms with Crippen LogP contribution < -0.4 is 11.1 Å². The molecule has 3 N–H and O–H groups in total. The van der Waals surface area contributed by atoms with E-state index in [2.05, 4.69) is 25.2 Å². The number of fused-ring (bicyclic) bond motifs is 1. The second-order valence-corrected chi connectivity index (χ2v) is 4.41. The summed E-state index contributed by atoms with van der Waals surface area (Å²) in [6.45, 7) is 4.84. The van der Waals surface area contributed by atoms with Crippen LogP contribution in [0.15, 0.2) is 6.07 Å². The van der Waals surface area contributed by atoms with Crippen molar-refractivity contribution in [3.63, 3.8) is 0 Å². The summed E-state index contributed by atoms with van der Waals surface area (Å²) in [5, 5.41) is 2.97. The Hall–Kier alpha value is -1.35. The van der Waals surface area contributed by atoms with Crippen LogP contribution in [-0.2, 0) is 17.6 Å². The minimum Gasteiger partial charge on any atom is -0.330 e. The maximum absolute atomic E-state index is 11.4. The molecule has 0 bridgehead atoms. The van der Waals surface area contributed by atoms with Crippen molar-refractivity contribution in [2.45, 2.75) is 33.1 Å². The number of nitrogens with two attached hydrogens (primary N) is 1. The largest absolute Gasteiger partial charge is 0.330 e. The van der Waals surface area contributed by atoms with Gasteiger partial charge in [-0.15, -0.1) is 0 Å². The van der Waals surface area contributed by atoms with Gasteiger partial charge in [-0.3, -0.25) is 4.79 Å². The molecule has 0 unspecified atom stereocenters. The summed E-state index contributed by atoms with van der Waals surface area (Å²) in [6, 6.07) is 2.20. The van der Waals surface area contributed by atoms with E-state index >= 15 is 0 Å². The van der Waals surface area contributed by atoms with Crippen LogP contribution in [0.4, 0.5) is 5.69 Å². The molecule has 1 heterocycles. The number of amides is 1. The molecule has 0 radical (unpaired) electrons. The molecule has 0 aromatic heterocycles. The lowest BCUT2D eigenvalue weighted by Crippen LogP contribution is -2.21. The summed E-state index contributed by atoms with van der Waals surface area (Å²) in [5.74, 6) is 0.126. The number of nitrogens with one attached hydrogen (secondary N) is 1. The van der Waals surface area contributed by atoms with E-state index in [1.54, 1.807) is 0 Å². The van der Waals surface area contributed by atoms with Crippen LogP contribution in [0.1, 0.15) is 28.7 Å². The molecule has 1 aromatic carbocycles. The topological polar surface area (TPSA) is 55.1 Å². The molecule has 3 nitrogen and oxygen atoms in total. The highest BCUT2D eigenvalue weighted by Crippen LogP contribution is 2.31. The summed E-state index contributed by atoms with van der Waals surface area (Å²) in [4.78, 5) is 11.4. The van der Waals surface area contributed by atoms with Crippen LogP contribution in [0.25, 0.3) is 0 Å². The fraction of sp³-hybridized carbons (Fsp3) is 0.462. The van der Waals surface area contributed by atoms with Gasteiger partial charge in [0.1, 0.15) is 0 Å². The number of hydrogen-bond acceptors (Lipinski definition) is 2. The standard InChI is InChI=1S/C13H18N2O/c1-8-9(2)13-11(3-4-12(16)15-13)7-10(8)5-6-14/h7H,3-6,14H2,1-2H3,(H,15,16). The van der Waals surface area contributed by atoms with Gasteiger partial charge in [0.05, 0.1) is 0 Å². The van der Waals surface area contributed by atoms with Crippen LogP contribution in [0.5, 0.6) is 0 Å². The zero-order valence-electron chi connectivity index (χ0n) is 9.89. The van der Waals surface area contributed by atoms with Crippen molar-refractivity contribution in [3.05, 3.63) is 28.3 Å². The fourth-order valence-electron chi connectivity index (χ4n) is 2.30. The second-order valence-electron chi connectivity index (χ2n) is 4.41. The molecule has 0 saturated heterocycles. The van der Waals surface area contributed by atoms with Crippen molar-refractivity contribution in [1.29, 1.82) is 0 Å². The average Bonchev–Trinajstić information content (AvgIpc) is 2.27. The average molecular weight is 218 g/mol. The van der Waals surface area contributed by atoms with Crippen molar-refractivity contribution in [2.75, 3.05) is 11.9 Å². The molecule has 0 fully saturated rings. The summed E-state index contributed by atoms with van der Waals surface area (Å²) >= 11 is 0. The highest BCUT2D eigenvalue weighted by molar-refractivity contribution is 5.95. The number of carbonyl (C=O) groups excluding carboxylic acids is 1. The summed E-state index contributed by atoms with van der Waals surface area (Å²) < 4.78 is 0. The highest BCUT2D eigenvalue weighted by atomic mass is 16.1. The first-order valence-electron chi connectivity index (χ1n) is 5.75. The Balaban J connectivity index is 2.49. The van der Waals surface area contributed by atoms with Crippen LogP contribution in [0.3, 0.4) is 0 Å². The Morgan fingerprint density at radius 3 is 2.75 bits per heavy atom. The van der Waals surface area contributed by atoms with Gasteiger partial charge >= 0.3 is 0 Å². The van der Waals surface area contributed by atoms with Gasteiger partial charge in [-0.05, 0) is 55.5 Å². The Bertz CT molecular complexity index is 438. The monoisotopic (exact) mass is 218 g/mol. The zero-order chi connectivity index (χ0) is 11.7. The Morgan fingerprint density at radius 2 is 2.06 bits per heavy atom. The predicted octanol–water partition coefficient (Wildman–Crippen LogP) is 1.69. The van der Waals surface area contributed by atoms with E-state index in [-0.39, 0.29) is 5.91 Å². The molecule has 3 heteroatoms. The van der Waals surface area contributed by atoms with E-state index in [1.165, 1.54) is 22.3 Å². The maximum Gasteiger partial charge on any atom is 0.224 e. The van der Waals surface area contributed by atoms with Gasteiger partial charge in [0.15, 0.2) is 0 Å². The molecule has 0 spiro atoms. The number of rotatable bonds is 2. The van der Waals surface area contributed by atoms with E-state index in [0.29, 0.717) is 13.0 Å². The summed E-state index contributed by atoms with van der Waals surface area (Å²) in [5.41, 5.74) is 11.6. The molecule has 0 saturated carbocycles. The van der Waals surface area contributed by atoms with Crippen molar-refractivity contribution in [1.82, 2.24) is 0 Å². The summed E-state index contributed by atoms with van der Waals surface area (Å²) in [6.07, 6.45) is 2.35. The molecule has 1 amide bonds. The first-order chi connectivity index (χ1) is 7.63.